The molecule has 144 valence electrons. The van der Waals surface area contributed by atoms with Crippen molar-refractivity contribution < 1.29 is 4.74 Å². The van der Waals surface area contributed by atoms with E-state index < -0.39 is 0 Å². The first-order valence-corrected chi connectivity index (χ1v) is 10.5. The molecule has 1 N–H and O–H groups in total. The van der Waals surface area contributed by atoms with Crippen molar-refractivity contribution in [1.82, 2.24) is 15.3 Å². The molecule has 4 nitrogen and oxygen atoms in total. The van der Waals surface area contributed by atoms with Crippen molar-refractivity contribution in [2.75, 3.05) is 7.11 Å². The maximum Gasteiger partial charge on any atom is 0.128 e. The Morgan fingerprint density at radius 1 is 1.04 bits per heavy atom. The summed E-state index contributed by atoms with van der Waals surface area (Å²) in [5.41, 5.74) is 2.63. The van der Waals surface area contributed by atoms with E-state index in [0.717, 1.165) is 42.8 Å². The van der Waals surface area contributed by atoms with Crippen LogP contribution in [0.3, 0.4) is 0 Å². The second-order valence-corrected chi connectivity index (χ2v) is 8.08. The molecule has 1 aromatic carbocycles. The molecule has 1 heterocycles. The average molecular weight is 366 g/mol. The zero-order chi connectivity index (χ0) is 18.6. The van der Waals surface area contributed by atoms with Crippen LogP contribution in [0.25, 0.3) is 0 Å². The zero-order valence-corrected chi connectivity index (χ0v) is 16.5. The lowest BCUT2D eigenvalue weighted by Crippen LogP contribution is -2.57. The van der Waals surface area contributed by atoms with Crippen molar-refractivity contribution in [2.45, 2.75) is 64.0 Å². The largest absolute Gasteiger partial charge is 0.497 e. The Labute approximate surface area is 162 Å². The molecule has 2 saturated carbocycles. The highest BCUT2D eigenvalue weighted by molar-refractivity contribution is 5.33. The molecule has 2 aromatic rings. The van der Waals surface area contributed by atoms with Gasteiger partial charge in [-0.1, -0.05) is 31.9 Å². The minimum absolute atomic E-state index is 0.555. The highest BCUT2D eigenvalue weighted by Crippen LogP contribution is 2.54. The number of nitrogens with zero attached hydrogens (tertiary/aromatic N) is 2. The van der Waals surface area contributed by atoms with Crippen LogP contribution in [0.15, 0.2) is 36.7 Å². The van der Waals surface area contributed by atoms with E-state index in [-0.39, 0.29) is 0 Å². The first-order valence-electron chi connectivity index (χ1n) is 10.5. The predicted octanol–water partition coefficient (Wildman–Crippen LogP) is 4.50. The number of ether oxygens (including phenoxy) is 1. The lowest BCUT2D eigenvalue weighted by atomic mass is 9.53. The Kier molecular flexibility index (Phi) is 5.72. The van der Waals surface area contributed by atoms with Gasteiger partial charge in [0.1, 0.15) is 11.6 Å². The number of hydrogen-bond donors (Lipinski definition) is 1. The van der Waals surface area contributed by atoms with E-state index in [2.05, 4.69) is 46.5 Å². The summed E-state index contributed by atoms with van der Waals surface area (Å²) in [6.45, 7) is 3.02. The number of rotatable bonds is 7. The normalized spacial score (nSPS) is 26.9. The highest BCUT2D eigenvalue weighted by Gasteiger charge is 2.50. The molecular formula is C23H31N3O. The SMILES string of the molecule is CCCc1ncc(CN[C@H]2[C@H]3CCCC[C@@H]3[C@@H]2c2ccc(OC)cc2)cn1. The summed E-state index contributed by atoms with van der Waals surface area (Å²) in [4.78, 5) is 9.01. The molecule has 0 amide bonds. The summed E-state index contributed by atoms with van der Waals surface area (Å²) < 4.78 is 5.34. The summed E-state index contributed by atoms with van der Waals surface area (Å²) in [6.07, 6.45) is 11.5. The van der Waals surface area contributed by atoms with Crippen LogP contribution in [0.5, 0.6) is 5.75 Å². The maximum absolute atomic E-state index is 5.34. The first kappa shape index (κ1) is 18.4. The molecule has 0 spiro atoms. The number of benzene rings is 1. The van der Waals surface area contributed by atoms with Gasteiger partial charge in [-0.15, -0.1) is 0 Å². The van der Waals surface area contributed by atoms with Crippen LogP contribution in [0, 0.1) is 11.8 Å². The van der Waals surface area contributed by atoms with Gasteiger partial charge < -0.3 is 10.1 Å². The first-order chi connectivity index (χ1) is 13.3. The van der Waals surface area contributed by atoms with Gasteiger partial charge in [0.2, 0.25) is 0 Å². The molecule has 0 bridgehead atoms. The summed E-state index contributed by atoms with van der Waals surface area (Å²) in [7, 11) is 1.73. The molecular weight excluding hydrogens is 334 g/mol. The lowest BCUT2D eigenvalue weighted by molar-refractivity contribution is 0.0253. The Bertz CT molecular complexity index is 728. The molecule has 2 fully saturated rings. The van der Waals surface area contributed by atoms with Crippen LogP contribution in [0.4, 0.5) is 0 Å². The molecule has 4 rings (SSSR count). The topological polar surface area (TPSA) is 47.0 Å². The molecule has 4 heteroatoms. The van der Waals surface area contributed by atoms with Crippen molar-refractivity contribution in [2.24, 2.45) is 11.8 Å². The molecule has 2 aliphatic carbocycles. The fraction of sp³-hybridized carbons (Fsp3) is 0.565. The van der Waals surface area contributed by atoms with Gasteiger partial charge in [-0.3, -0.25) is 0 Å². The Balaban J connectivity index is 1.45. The van der Waals surface area contributed by atoms with Gasteiger partial charge in [0.15, 0.2) is 0 Å². The molecule has 0 unspecified atom stereocenters. The quantitative estimate of drug-likeness (QED) is 0.785. The summed E-state index contributed by atoms with van der Waals surface area (Å²) in [5, 5.41) is 3.85. The van der Waals surface area contributed by atoms with Crippen LogP contribution in [-0.2, 0) is 13.0 Å². The Morgan fingerprint density at radius 2 is 1.74 bits per heavy atom. The monoisotopic (exact) mass is 365 g/mol. The number of nitrogens with one attached hydrogen (secondary N) is 1. The standard InChI is InChI=1S/C23H31N3O/c1-3-6-21-24-13-16(14-25-21)15-26-23-20-8-5-4-7-19(20)22(23)17-9-11-18(27-2)12-10-17/h9-14,19-20,22-23,26H,3-8,15H2,1-2H3/t19-,20-,22-,23-/m0/s1. The average Bonchev–Trinajstić information content (AvgIpc) is 2.71. The summed E-state index contributed by atoms with van der Waals surface area (Å²) in [6, 6.07) is 9.27. The van der Waals surface area contributed by atoms with Gasteiger partial charge in [0.25, 0.3) is 0 Å². The third kappa shape index (κ3) is 3.86. The van der Waals surface area contributed by atoms with E-state index in [0.29, 0.717) is 12.0 Å². The molecule has 1 aromatic heterocycles. The minimum Gasteiger partial charge on any atom is -0.497 e. The maximum atomic E-state index is 5.34. The fourth-order valence-electron chi connectivity index (χ4n) is 5.09. The number of methoxy groups -OCH3 is 1. The second kappa shape index (κ2) is 8.39. The summed E-state index contributed by atoms with van der Waals surface area (Å²) >= 11 is 0. The number of fused-ring (bicyclic) bond motifs is 1. The Morgan fingerprint density at radius 3 is 2.41 bits per heavy atom. The van der Waals surface area contributed by atoms with Gasteiger partial charge in [0, 0.05) is 42.9 Å². The molecule has 2 aliphatic rings. The smallest absolute Gasteiger partial charge is 0.128 e. The van der Waals surface area contributed by atoms with Gasteiger partial charge in [-0.05, 0) is 48.8 Å². The third-order valence-corrected chi connectivity index (χ3v) is 6.46. The van der Waals surface area contributed by atoms with E-state index >= 15 is 0 Å². The lowest BCUT2D eigenvalue weighted by Gasteiger charge is -2.55. The van der Waals surface area contributed by atoms with Crippen molar-refractivity contribution >= 4 is 0 Å². The molecule has 0 aliphatic heterocycles. The number of aromatic nitrogens is 2. The van der Waals surface area contributed by atoms with E-state index in [4.69, 9.17) is 4.74 Å². The van der Waals surface area contributed by atoms with Crippen LogP contribution >= 0.6 is 0 Å². The number of hydrogen-bond acceptors (Lipinski definition) is 4. The van der Waals surface area contributed by atoms with Gasteiger partial charge in [-0.25, -0.2) is 9.97 Å². The highest BCUT2D eigenvalue weighted by atomic mass is 16.5. The van der Waals surface area contributed by atoms with E-state index in [1.807, 2.05) is 12.4 Å². The molecule has 0 radical (unpaired) electrons. The molecule has 0 saturated heterocycles. The van der Waals surface area contributed by atoms with E-state index in [1.54, 1.807) is 7.11 Å². The van der Waals surface area contributed by atoms with Crippen LogP contribution in [0.2, 0.25) is 0 Å². The van der Waals surface area contributed by atoms with E-state index in [9.17, 15) is 0 Å². The van der Waals surface area contributed by atoms with Crippen LogP contribution in [0.1, 0.15) is 61.9 Å². The number of aryl methyl sites for hydroxylation is 1. The van der Waals surface area contributed by atoms with Gasteiger partial charge >= 0.3 is 0 Å². The van der Waals surface area contributed by atoms with Crippen LogP contribution < -0.4 is 10.1 Å². The predicted molar refractivity (Wildman–Crippen MR) is 108 cm³/mol. The van der Waals surface area contributed by atoms with Crippen molar-refractivity contribution in [3.63, 3.8) is 0 Å². The van der Waals surface area contributed by atoms with Crippen molar-refractivity contribution in [3.05, 3.63) is 53.6 Å². The van der Waals surface area contributed by atoms with Crippen molar-refractivity contribution in [1.29, 1.82) is 0 Å². The van der Waals surface area contributed by atoms with Gasteiger partial charge in [-0.2, -0.15) is 0 Å². The minimum atomic E-state index is 0.555. The molecule has 27 heavy (non-hydrogen) atoms. The second-order valence-electron chi connectivity index (χ2n) is 8.08. The van der Waals surface area contributed by atoms with Gasteiger partial charge in [0.05, 0.1) is 7.11 Å². The zero-order valence-electron chi connectivity index (χ0n) is 16.5. The Hall–Kier alpha value is -1.94. The fourth-order valence-corrected chi connectivity index (χ4v) is 5.09. The van der Waals surface area contributed by atoms with E-state index in [1.165, 1.54) is 36.8 Å². The molecule has 4 atom stereocenters. The summed E-state index contributed by atoms with van der Waals surface area (Å²) in [5.74, 6) is 4.14. The third-order valence-electron chi connectivity index (χ3n) is 6.46. The van der Waals surface area contributed by atoms with Crippen LogP contribution in [-0.4, -0.2) is 23.1 Å². The van der Waals surface area contributed by atoms with Crippen molar-refractivity contribution in [3.8, 4) is 5.75 Å².